The molecule has 0 aliphatic rings. The van der Waals surface area contributed by atoms with Gasteiger partial charge in [0.2, 0.25) is 0 Å². The van der Waals surface area contributed by atoms with Crippen LogP contribution >= 0.6 is 11.6 Å². The van der Waals surface area contributed by atoms with E-state index >= 15 is 0 Å². The van der Waals surface area contributed by atoms with Crippen LogP contribution in [0.15, 0.2) is 22.6 Å². The molecule has 0 N–H and O–H groups in total. The summed E-state index contributed by atoms with van der Waals surface area (Å²) in [6.45, 7) is 0. The number of carbonyl (C=O) groups excluding carboxylic acids is 1. The van der Waals surface area contributed by atoms with Gasteiger partial charge in [-0.1, -0.05) is 6.07 Å². The Kier molecular flexibility index (Phi) is 1.77. The van der Waals surface area contributed by atoms with E-state index in [1.54, 1.807) is 0 Å². The first-order valence-corrected chi connectivity index (χ1v) is 3.81. The highest BCUT2D eigenvalue weighted by Gasteiger charge is 2.13. The Hall–Kier alpha value is -1.42. The summed E-state index contributed by atoms with van der Waals surface area (Å²) >= 11 is 5.11. The fourth-order valence-electron chi connectivity index (χ4n) is 1.000. The van der Waals surface area contributed by atoms with Crippen LogP contribution in [-0.4, -0.2) is 10.2 Å². The molecule has 1 aromatic heterocycles. The minimum atomic E-state index is -0.837. The van der Waals surface area contributed by atoms with E-state index in [9.17, 15) is 9.18 Å². The SMILES string of the molecule is O=C(Cl)c1nc2cccc(F)c2o1. The largest absolute Gasteiger partial charge is 0.430 e. The van der Waals surface area contributed by atoms with Gasteiger partial charge in [-0.3, -0.25) is 4.79 Å². The normalized spacial score (nSPS) is 10.6. The van der Waals surface area contributed by atoms with Crippen molar-refractivity contribution in [1.29, 1.82) is 0 Å². The van der Waals surface area contributed by atoms with Gasteiger partial charge in [-0.2, -0.15) is 0 Å². The number of oxazole rings is 1. The average molecular weight is 200 g/mol. The van der Waals surface area contributed by atoms with Gasteiger partial charge in [0.1, 0.15) is 5.52 Å². The van der Waals surface area contributed by atoms with Gasteiger partial charge >= 0.3 is 5.24 Å². The van der Waals surface area contributed by atoms with Crippen molar-refractivity contribution < 1.29 is 13.6 Å². The number of benzene rings is 1. The first-order valence-electron chi connectivity index (χ1n) is 3.43. The smallest absolute Gasteiger partial charge is 0.307 e. The summed E-state index contributed by atoms with van der Waals surface area (Å²) in [4.78, 5) is 14.3. The van der Waals surface area contributed by atoms with E-state index in [4.69, 9.17) is 16.0 Å². The molecular weight excluding hydrogens is 197 g/mol. The van der Waals surface area contributed by atoms with Crippen molar-refractivity contribution in [3.63, 3.8) is 0 Å². The number of fused-ring (bicyclic) bond motifs is 1. The summed E-state index contributed by atoms with van der Waals surface area (Å²) < 4.78 is 17.8. The predicted molar refractivity (Wildman–Crippen MR) is 44.2 cm³/mol. The number of hydrogen-bond donors (Lipinski definition) is 0. The molecular formula is C8H3ClFNO2. The molecule has 0 unspecified atom stereocenters. The first kappa shape index (κ1) is 8.19. The Morgan fingerprint density at radius 2 is 2.31 bits per heavy atom. The summed E-state index contributed by atoms with van der Waals surface area (Å²) in [5.41, 5.74) is 0.232. The lowest BCUT2D eigenvalue weighted by molar-refractivity contribution is 0.105. The fraction of sp³-hybridized carbons (Fsp3) is 0. The van der Waals surface area contributed by atoms with Gasteiger partial charge in [0.25, 0.3) is 5.89 Å². The van der Waals surface area contributed by atoms with Crippen LogP contribution < -0.4 is 0 Å². The molecule has 5 heteroatoms. The minimum absolute atomic E-state index is 0.0495. The van der Waals surface area contributed by atoms with E-state index in [1.807, 2.05) is 0 Å². The molecule has 66 valence electrons. The highest BCUT2D eigenvalue weighted by molar-refractivity contribution is 6.67. The van der Waals surface area contributed by atoms with Crippen LogP contribution in [0.25, 0.3) is 11.1 Å². The molecule has 0 saturated heterocycles. The van der Waals surface area contributed by atoms with Gasteiger partial charge in [0, 0.05) is 0 Å². The Labute approximate surface area is 77.1 Å². The zero-order valence-corrected chi connectivity index (χ0v) is 7.01. The highest BCUT2D eigenvalue weighted by atomic mass is 35.5. The van der Waals surface area contributed by atoms with Crippen molar-refractivity contribution in [3.05, 3.63) is 29.9 Å². The fourth-order valence-corrected chi connectivity index (χ4v) is 1.08. The number of halogens is 2. The number of carbonyl (C=O) groups is 1. The van der Waals surface area contributed by atoms with Gasteiger partial charge in [0.05, 0.1) is 0 Å². The number of para-hydroxylation sites is 1. The summed E-state index contributed by atoms with van der Waals surface area (Å²) in [5, 5.41) is -0.837. The molecule has 2 aromatic rings. The van der Waals surface area contributed by atoms with Crippen molar-refractivity contribution in [3.8, 4) is 0 Å². The third-order valence-electron chi connectivity index (χ3n) is 1.54. The monoisotopic (exact) mass is 199 g/mol. The average Bonchev–Trinajstić information content (AvgIpc) is 2.49. The van der Waals surface area contributed by atoms with Crippen molar-refractivity contribution in [2.24, 2.45) is 0 Å². The Morgan fingerprint density at radius 1 is 1.54 bits per heavy atom. The lowest BCUT2D eigenvalue weighted by Gasteiger charge is -1.85. The van der Waals surface area contributed by atoms with Gasteiger partial charge in [-0.15, -0.1) is 0 Å². The molecule has 13 heavy (non-hydrogen) atoms. The molecule has 0 atom stereocenters. The summed E-state index contributed by atoms with van der Waals surface area (Å²) in [6.07, 6.45) is 0. The van der Waals surface area contributed by atoms with Gasteiger partial charge < -0.3 is 4.42 Å². The maximum absolute atomic E-state index is 13.0. The van der Waals surface area contributed by atoms with Crippen LogP contribution in [0.4, 0.5) is 4.39 Å². The van der Waals surface area contributed by atoms with Crippen molar-refractivity contribution >= 4 is 27.9 Å². The maximum atomic E-state index is 13.0. The third-order valence-corrected chi connectivity index (χ3v) is 1.70. The topological polar surface area (TPSA) is 43.1 Å². The third kappa shape index (κ3) is 1.29. The molecule has 0 spiro atoms. The standard InChI is InChI=1S/C8H3ClFNO2/c9-7(12)8-11-5-3-1-2-4(10)6(5)13-8/h1-3H. The molecule has 0 saturated carbocycles. The van der Waals surface area contributed by atoms with Crippen molar-refractivity contribution in [1.82, 2.24) is 4.98 Å². The van der Waals surface area contributed by atoms with Crippen molar-refractivity contribution in [2.45, 2.75) is 0 Å². The number of nitrogens with zero attached hydrogens (tertiary/aromatic N) is 1. The molecule has 0 amide bonds. The molecule has 0 aliphatic heterocycles. The van der Waals surface area contributed by atoms with Crippen LogP contribution in [0.1, 0.15) is 10.7 Å². The Bertz CT molecular complexity index is 480. The molecule has 0 bridgehead atoms. The molecule has 1 heterocycles. The van der Waals surface area contributed by atoms with E-state index in [2.05, 4.69) is 4.98 Å². The minimum Gasteiger partial charge on any atom is -0.430 e. The van der Waals surface area contributed by atoms with Crippen molar-refractivity contribution in [2.75, 3.05) is 0 Å². The zero-order valence-electron chi connectivity index (χ0n) is 6.25. The number of hydrogen-bond acceptors (Lipinski definition) is 3. The predicted octanol–water partition coefficient (Wildman–Crippen LogP) is 2.35. The number of aromatic nitrogens is 1. The van der Waals surface area contributed by atoms with E-state index in [0.29, 0.717) is 0 Å². The molecule has 3 nitrogen and oxygen atoms in total. The summed E-state index contributed by atoms with van der Waals surface area (Å²) in [7, 11) is 0. The maximum Gasteiger partial charge on any atom is 0.307 e. The van der Waals surface area contributed by atoms with Gasteiger partial charge in [0.15, 0.2) is 11.4 Å². The molecule has 2 rings (SSSR count). The Balaban J connectivity index is 2.75. The van der Waals surface area contributed by atoms with E-state index in [-0.39, 0.29) is 17.0 Å². The van der Waals surface area contributed by atoms with Crippen LogP contribution in [0.2, 0.25) is 0 Å². The summed E-state index contributed by atoms with van der Waals surface area (Å²) in [6, 6.07) is 4.23. The second kappa shape index (κ2) is 2.81. The first-order chi connectivity index (χ1) is 6.18. The van der Waals surface area contributed by atoms with Gasteiger partial charge in [-0.05, 0) is 23.7 Å². The molecule has 1 aromatic carbocycles. The summed E-state index contributed by atoms with van der Waals surface area (Å²) in [5.74, 6) is -0.851. The van der Waals surface area contributed by atoms with E-state index < -0.39 is 11.1 Å². The van der Waals surface area contributed by atoms with E-state index in [1.165, 1.54) is 18.2 Å². The Morgan fingerprint density at radius 3 is 2.92 bits per heavy atom. The molecule has 0 radical (unpaired) electrons. The second-order valence-corrected chi connectivity index (χ2v) is 2.72. The number of rotatable bonds is 1. The zero-order chi connectivity index (χ0) is 9.42. The van der Waals surface area contributed by atoms with Crippen LogP contribution in [-0.2, 0) is 0 Å². The van der Waals surface area contributed by atoms with E-state index in [0.717, 1.165) is 0 Å². The second-order valence-electron chi connectivity index (χ2n) is 2.38. The van der Waals surface area contributed by atoms with Gasteiger partial charge in [-0.25, -0.2) is 9.37 Å². The lowest BCUT2D eigenvalue weighted by Crippen LogP contribution is -1.85. The van der Waals surface area contributed by atoms with Crippen LogP contribution in [0, 0.1) is 5.82 Å². The molecule has 0 fully saturated rings. The quantitative estimate of drug-likeness (QED) is 0.662. The lowest BCUT2D eigenvalue weighted by atomic mass is 10.3. The van der Waals surface area contributed by atoms with Crippen LogP contribution in [0.3, 0.4) is 0 Å². The van der Waals surface area contributed by atoms with Crippen LogP contribution in [0.5, 0.6) is 0 Å². The highest BCUT2D eigenvalue weighted by Crippen LogP contribution is 2.19. The molecule has 0 aliphatic carbocycles.